The lowest BCUT2D eigenvalue weighted by molar-refractivity contribution is 0.0925. The molecule has 1 aromatic carbocycles. The molecule has 1 amide bonds. The Morgan fingerprint density at radius 3 is 2.60 bits per heavy atom. The van der Waals surface area contributed by atoms with Crippen LogP contribution in [0.4, 0.5) is 5.13 Å². The minimum atomic E-state index is 0.0263. The second-order valence-electron chi connectivity index (χ2n) is 9.32. The average molecular weight is 429 g/mol. The van der Waals surface area contributed by atoms with Crippen molar-refractivity contribution in [1.82, 2.24) is 15.2 Å². The van der Waals surface area contributed by atoms with Crippen LogP contribution in [-0.4, -0.2) is 54.1 Å². The van der Waals surface area contributed by atoms with Crippen molar-refractivity contribution in [2.45, 2.75) is 71.4 Å². The molecular weight excluding hydrogens is 392 g/mol. The Bertz CT molecular complexity index is 848. The van der Waals surface area contributed by atoms with Gasteiger partial charge in [-0.1, -0.05) is 24.7 Å². The number of nitrogens with zero attached hydrogens (tertiary/aromatic N) is 3. The van der Waals surface area contributed by atoms with Crippen molar-refractivity contribution in [3.05, 3.63) is 23.8 Å². The predicted octanol–water partition coefficient (Wildman–Crippen LogP) is 4.92. The first-order valence-corrected chi connectivity index (χ1v) is 12.5. The fraction of sp³-hybridized carbons (Fsp3) is 0.667. The fourth-order valence-electron chi connectivity index (χ4n) is 4.87. The highest BCUT2D eigenvalue weighted by molar-refractivity contribution is 7.22. The van der Waals surface area contributed by atoms with Crippen LogP contribution in [0.25, 0.3) is 10.2 Å². The van der Waals surface area contributed by atoms with E-state index in [0.29, 0.717) is 12.1 Å². The average Bonchev–Trinajstić information content (AvgIpc) is 3.16. The van der Waals surface area contributed by atoms with E-state index in [1.807, 2.05) is 18.2 Å². The van der Waals surface area contributed by atoms with Crippen molar-refractivity contribution in [2.75, 3.05) is 31.1 Å². The molecule has 6 heteroatoms. The monoisotopic (exact) mass is 428 g/mol. The van der Waals surface area contributed by atoms with E-state index in [2.05, 4.69) is 35.9 Å². The van der Waals surface area contributed by atoms with Gasteiger partial charge >= 0.3 is 0 Å². The third-order valence-electron chi connectivity index (χ3n) is 6.95. The van der Waals surface area contributed by atoms with Crippen LogP contribution in [0.5, 0.6) is 0 Å². The summed E-state index contributed by atoms with van der Waals surface area (Å²) in [5, 5.41) is 4.21. The summed E-state index contributed by atoms with van der Waals surface area (Å²) >= 11 is 1.71. The van der Waals surface area contributed by atoms with Crippen molar-refractivity contribution < 1.29 is 4.79 Å². The van der Waals surface area contributed by atoms with E-state index < -0.39 is 0 Å². The Kier molecular flexibility index (Phi) is 6.94. The van der Waals surface area contributed by atoms with Gasteiger partial charge in [0, 0.05) is 43.8 Å². The van der Waals surface area contributed by atoms with Crippen LogP contribution in [0.1, 0.15) is 69.7 Å². The zero-order valence-electron chi connectivity index (χ0n) is 18.7. The quantitative estimate of drug-likeness (QED) is 0.664. The second-order valence-corrected chi connectivity index (χ2v) is 10.3. The number of nitrogens with one attached hydrogen (secondary N) is 1. The molecule has 4 rings (SSSR count). The topological polar surface area (TPSA) is 48.5 Å². The Hall–Kier alpha value is -1.66. The van der Waals surface area contributed by atoms with E-state index in [1.54, 1.807) is 11.3 Å². The summed E-state index contributed by atoms with van der Waals surface area (Å²) in [6, 6.07) is 7.24. The molecule has 1 aromatic heterocycles. The number of rotatable bonds is 6. The van der Waals surface area contributed by atoms with Gasteiger partial charge in [-0.3, -0.25) is 9.69 Å². The number of aromatic nitrogens is 1. The zero-order chi connectivity index (χ0) is 21.1. The number of benzene rings is 1. The summed E-state index contributed by atoms with van der Waals surface area (Å²) in [5.74, 6) is 0.839. The number of carbonyl (C=O) groups excluding carboxylic acids is 1. The first kappa shape index (κ1) is 21.6. The highest BCUT2D eigenvalue weighted by atomic mass is 32.1. The molecule has 2 aliphatic heterocycles. The third kappa shape index (κ3) is 4.97. The van der Waals surface area contributed by atoms with E-state index in [0.717, 1.165) is 59.4 Å². The Morgan fingerprint density at radius 1 is 1.13 bits per heavy atom. The van der Waals surface area contributed by atoms with Gasteiger partial charge in [-0.25, -0.2) is 4.98 Å². The largest absolute Gasteiger partial charge is 0.352 e. The third-order valence-corrected chi connectivity index (χ3v) is 8.03. The van der Waals surface area contributed by atoms with Gasteiger partial charge in [-0.2, -0.15) is 0 Å². The summed E-state index contributed by atoms with van der Waals surface area (Å²) in [4.78, 5) is 22.5. The number of amides is 1. The number of likely N-dealkylation sites (tertiary alicyclic amines) is 1. The lowest BCUT2D eigenvalue weighted by atomic mass is 9.97. The number of hydrogen-bond acceptors (Lipinski definition) is 5. The van der Waals surface area contributed by atoms with E-state index in [-0.39, 0.29) is 5.91 Å². The van der Waals surface area contributed by atoms with Gasteiger partial charge in [0.05, 0.1) is 10.2 Å². The molecular formula is C24H36N4OS. The lowest BCUT2D eigenvalue weighted by Gasteiger charge is -2.39. The molecule has 2 aromatic rings. The van der Waals surface area contributed by atoms with Crippen molar-refractivity contribution in [2.24, 2.45) is 5.92 Å². The molecule has 3 heterocycles. The van der Waals surface area contributed by atoms with Crippen molar-refractivity contribution in [1.29, 1.82) is 0 Å². The molecule has 0 unspecified atom stereocenters. The van der Waals surface area contributed by atoms with Crippen LogP contribution in [0.15, 0.2) is 18.2 Å². The predicted molar refractivity (Wildman–Crippen MR) is 127 cm³/mol. The maximum absolute atomic E-state index is 12.7. The molecule has 30 heavy (non-hydrogen) atoms. The summed E-state index contributed by atoms with van der Waals surface area (Å²) < 4.78 is 1.10. The summed E-state index contributed by atoms with van der Waals surface area (Å²) in [6.07, 6.45) is 7.40. The van der Waals surface area contributed by atoms with Crippen molar-refractivity contribution >= 4 is 32.6 Å². The number of anilines is 1. The standard InChI is InChI=1S/C24H36N4OS/c1-17-10-14-27(15-11-17)24-26-21-9-8-20(16-22(21)30-24)23(29)25-12-5-13-28-18(2)6-4-7-19(28)3/h8-9,16-19H,4-7,10-15H2,1-3H3,(H,25,29)/t18-,19+. The number of fused-ring (bicyclic) bond motifs is 1. The molecule has 2 atom stereocenters. The smallest absolute Gasteiger partial charge is 0.251 e. The van der Waals surface area contributed by atoms with Gasteiger partial charge in [0.15, 0.2) is 5.13 Å². The van der Waals surface area contributed by atoms with Gasteiger partial charge < -0.3 is 10.2 Å². The SMILES string of the molecule is CC1CCN(c2nc3ccc(C(=O)NCCCN4[C@H](C)CCC[C@@H]4C)cc3s2)CC1. The molecule has 0 bridgehead atoms. The number of piperidine rings is 2. The minimum absolute atomic E-state index is 0.0263. The van der Waals surface area contributed by atoms with Crippen molar-refractivity contribution in [3.8, 4) is 0 Å². The Balaban J connectivity index is 1.31. The molecule has 5 nitrogen and oxygen atoms in total. The van der Waals surface area contributed by atoms with Crippen LogP contribution in [0.2, 0.25) is 0 Å². The maximum atomic E-state index is 12.7. The number of carbonyl (C=O) groups is 1. The molecule has 1 N–H and O–H groups in total. The molecule has 0 saturated carbocycles. The lowest BCUT2D eigenvalue weighted by Crippen LogP contribution is -2.44. The van der Waals surface area contributed by atoms with E-state index in [4.69, 9.17) is 4.98 Å². The van der Waals surface area contributed by atoms with Crippen LogP contribution in [0, 0.1) is 5.92 Å². The molecule has 164 valence electrons. The normalized spacial score (nSPS) is 23.8. The van der Waals surface area contributed by atoms with Gasteiger partial charge in [-0.05, 0) is 70.1 Å². The van der Waals surface area contributed by atoms with E-state index in [1.165, 1.54) is 32.1 Å². The summed E-state index contributed by atoms with van der Waals surface area (Å²) in [5.41, 5.74) is 1.74. The van der Waals surface area contributed by atoms with Crippen LogP contribution >= 0.6 is 11.3 Å². The molecule has 2 saturated heterocycles. The second kappa shape index (κ2) is 9.65. The zero-order valence-corrected chi connectivity index (χ0v) is 19.5. The summed E-state index contributed by atoms with van der Waals surface area (Å²) in [7, 11) is 0. The highest BCUT2D eigenvalue weighted by Crippen LogP contribution is 2.32. The molecule has 0 radical (unpaired) electrons. The van der Waals surface area contributed by atoms with Crippen LogP contribution in [0.3, 0.4) is 0 Å². The van der Waals surface area contributed by atoms with Crippen LogP contribution < -0.4 is 10.2 Å². The van der Waals surface area contributed by atoms with E-state index >= 15 is 0 Å². The molecule has 0 aliphatic carbocycles. The fourth-order valence-corrected chi connectivity index (χ4v) is 5.93. The van der Waals surface area contributed by atoms with Gasteiger partial charge in [0.2, 0.25) is 0 Å². The minimum Gasteiger partial charge on any atom is -0.352 e. The Morgan fingerprint density at radius 2 is 1.87 bits per heavy atom. The van der Waals surface area contributed by atoms with Crippen LogP contribution in [-0.2, 0) is 0 Å². The molecule has 0 spiro atoms. The number of hydrogen-bond donors (Lipinski definition) is 1. The molecule has 2 aliphatic rings. The first-order chi connectivity index (χ1) is 14.5. The summed E-state index contributed by atoms with van der Waals surface area (Å²) in [6.45, 7) is 11.0. The maximum Gasteiger partial charge on any atom is 0.251 e. The van der Waals surface area contributed by atoms with E-state index in [9.17, 15) is 4.79 Å². The number of thiazole rings is 1. The Labute approximate surface area is 184 Å². The highest BCUT2D eigenvalue weighted by Gasteiger charge is 2.24. The van der Waals surface area contributed by atoms with Gasteiger partial charge in [-0.15, -0.1) is 0 Å². The van der Waals surface area contributed by atoms with Gasteiger partial charge in [0.1, 0.15) is 0 Å². The van der Waals surface area contributed by atoms with Gasteiger partial charge in [0.25, 0.3) is 5.91 Å². The molecule has 2 fully saturated rings. The van der Waals surface area contributed by atoms with Crippen molar-refractivity contribution in [3.63, 3.8) is 0 Å². The first-order valence-electron chi connectivity index (χ1n) is 11.7.